The van der Waals surface area contributed by atoms with Crippen molar-refractivity contribution in [3.8, 4) is 0 Å². The normalized spacial score (nSPS) is 25.3. The zero-order valence-electron chi connectivity index (χ0n) is 8.78. The Balaban J connectivity index is 1.83. The lowest BCUT2D eigenvalue weighted by molar-refractivity contribution is -0.122. The van der Waals surface area contributed by atoms with Crippen molar-refractivity contribution in [3.05, 3.63) is 9.98 Å². The van der Waals surface area contributed by atoms with E-state index in [1.165, 1.54) is 0 Å². The van der Waals surface area contributed by atoms with Gasteiger partial charge in [-0.25, -0.2) is 4.98 Å². The summed E-state index contributed by atoms with van der Waals surface area (Å²) in [5, 5.41) is 6.28. The lowest BCUT2D eigenvalue weighted by atomic mass is 9.86. The van der Waals surface area contributed by atoms with Gasteiger partial charge in [-0.2, -0.15) is 0 Å². The SMILES string of the molecule is NC(=O)C1CCC(Nc2nc(Br)cs2)CC1. The van der Waals surface area contributed by atoms with Crippen molar-refractivity contribution < 1.29 is 4.79 Å². The van der Waals surface area contributed by atoms with Gasteiger partial charge in [-0.3, -0.25) is 4.79 Å². The summed E-state index contributed by atoms with van der Waals surface area (Å²) in [7, 11) is 0. The molecule has 0 atom stereocenters. The minimum absolute atomic E-state index is 0.0704. The van der Waals surface area contributed by atoms with Crippen LogP contribution in [0, 0.1) is 5.92 Å². The van der Waals surface area contributed by atoms with E-state index in [4.69, 9.17) is 5.73 Å². The molecule has 0 bridgehead atoms. The molecular formula is C10H14BrN3OS. The first-order valence-corrected chi connectivity index (χ1v) is 6.99. The molecule has 88 valence electrons. The van der Waals surface area contributed by atoms with Gasteiger partial charge < -0.3 is 11.1 Å². The summed E-state index contributed by atoms with van der Waals surface area (Å²) < 4.78 is 0.867. The van der Waals surface area contributed by atoms with Crippen LogP contribution in [0.15, 0.2) is 9.98 Å². The molecule has 0 saturated heterocycles. The van der Waals surface area contributed by atoms with E-state index in [2.05, 4.69) is 26.2 Å². The monoisotopic (exact) mass is 303 g/mol. The van der Waals surface area contributed by atoms with Gasteiger partial charge in [0.1, 0.15) is 4.60 Å². The molecule has 1 aromatic heterocycles. The van der Waals surface area contributed by atoms with Crippen LogP contribution in [0.4, 0.5) is 5.13 Å². The number of rotatable bonds is 3. The van der Waals surface area contributed by atoms with Crippen molar-refractivity contribution in [2.75, 3.05) is 5.32 Å². The summed E-state index contributed by atoms with van der Waals surface area (Å²) in [5.74, 6) is -0.0866. The lowest BCUT2D eigenvalue weighted by Gasteiger charge is -2.27. The van der Waals surface area contributed by atoms with Gasteiger partial charge in [-0.1, -0.05) is 0 Å². The Kier molecular flexibility index (Phi) is 3.81. The van der Waals surface area contributed by atoms with Crippen molar-refractivity contribution in [1.82, 2.24) is 4.98 Å². The fraction of sp³-hybridized carbons (Fsp3) is 0.600. The highest BCUT2D eigenvalue weighted by Crippen LogP contribution is 2.28. The van der Waals surface area contributed by atoms with Gasteiger partial charge in [0, 0.05) is 17.3 Å². The Hall–Kier alpha value is -0.620. The standard InChI is InChI=1S/C10H14BrN3OS/c11-8-5-16-10(14-8)13-7-3-1-6(2-4-7)9(12)15/h5-7H,1-4H2,(H2,12,15)(H,13,14). The molecule has 1 aromatic rings. The van der Waals surface area contributed by atoms with E-state index in [1.54, 1.807) is 11.3 Å². The number of hydrogen-bond acceptors (Lipinski definition) is 4. The Labute approximate surface area is 107 Å². The number of anilines is 1. The summed E-state index contributed by atoms with van der Waals surface area (Å²) in [6.07, 6.45) is 3.76. The number of aromatic nitrogens is 1. The average molecular weight is 304 g/mol. The summed E-state index contributed by atoms with van der Waals surface area (Å²) in [4.78, 5) is 15.3. The lowest BCUT2D eigenvalue weighted by Crippen LogP contribution is -2.32. The van der Waals surface area contributed by atoms with E-state index in [0.29, 0.717) is 6.04 Å². The number of hydrogen-bond donors (Lipinski definition) is 2. The highest BCUT2D eigenvalue weighted by Gasteiger charge is 2.24. The van der Waals surface area contributed by atoms with Gasteiger partial charge in [0.25, 0.3) is 0 Å². The maximum Gasteiger partial charge on any atom is 0.220 e. The third-order valence-electron chi connectivity index (χ3n) is 2.93. The Morgan fingerprint density at radius 3 is 2.69 bits per heavy atom. The second-order valence-corrected chi connectivity index (χ2v) is 5.74. The van der Waals surface area contributed by atoms with Gasteiger partial charge >= 0.3 is 0 Å². The number of primary amides is 1. The predicted molar refractivity (Wildman–Crippen MR) is 68.4 cm³/mol. The maximum absolute atomic E-state index is 11.0. The van der Waals surface area contributed by atoms with Crippen LogP contribution in [0.3, 0.4) is 0 Å². The van der Waals surface area contributed by atoms with Crippen molar-refractivity contribution in [2.24, 2.45) is 11.7 Å². The number of nitrogens with two attached hydrogens (primary N) is 1. The van der Waals surface area contributed by atoms with Gasteiger partial charge in [0.2, 0.25) is 5.91 Å². The molecule has 0 radical (unpaired) electrons. The topological polar surface area (TPSA) is 68.0 Å². The quantitative estimate of drug-likeness (QED) is 0.901. The molecule has 1 fully saturated rings. The number of amides is 1. The maximum atomic E-state index is 11.0. The van der Waals surface area contributed by atoms with E-state index in [1.807, 2.05) is 5.38 Å². The van der Waals surface area contributed by atoms with Crippen LogP contribution in [-0.2, 0) is 4.79 Å². The van der Waals surface area contributed by atoms with Crippen LogP contribution in [0.5, 0.6) is 0 Å². The van der Waals surface area contributed by atoms with Crippen LogP contribution in [0.25, 0.3) is 0 Å². The van der Waals surface area contributed by atoms with Gasteiger partial charge in [-0.05, 0) is 41.6 Å². The zero-order chi connectivity index (χ0) is 11.5. The highest BCUT2D eigenvalue weighted by molar-refractivity contribution is 9.10. The van der Waals surface area contributed by atoms with E-state index < -0.39 is 0 Å². The van der Waals surface area contributed by atoms with E-state index in [9.17, 15) is 4.79 Å². The van der Waals surface area contributed by atoms with Gasteiger partial charge in [0.15, 0.2) is 5.13 Å². The van der Waals surface area contributed by atoms with Crippen LogP contribution < -0.4 is 11.1 Å². The molecule has 1 aliphatic rings. The molecule has 16 heavy (non-hydrogen) atoms. The van der Waals surface area contributed by atoms with Crippen LogP contribution in [0.1, 0.15) is 25.7 Å². The predicted octanol–water partition coefficient (Wildman–Crippen LogP) is 2.36. The van der Waals surface area contributed by atoms with Crippen LogP contribution in [0.2, 0.25) is 0 Å². The van der Waals surface area contributed by atoms with E-state index in [-0.39, 0.29) is 11.8 Å². The number of thiazole rings is 1. The first kappa shape index (κ1) is 11.9. The van der Waals surface area contributed by atoms with Crippen LogP contribution in [-0.4, -0.2) is 16.9 Å². The van der Waals surface area contributed by atoms with Crippen LogP contribution >= 0.6 is 27.3 Å². The third kappa shape index (κ3) is 2.95. The number of carbonyl (C=O) groups excluding carboxylic acids is 1. The zero-order valence-corrected chi connectivity index (χ0v) is 11.2. The third-order valence-corrected chi connectivity index (χ3v) is 4.42. The number of halogens is 1. The molecule has 0 spiro atoms. The van der Waals surface area contributed by atoms with E-state index in [0.717, 1.165) is 35.4 Å². The molecule has 0 aliphatic heterocycles. The molecule has 2 rings (SSSR count). The molecule has 4 nitrogen and oxygen atoms in total. The minimum atomic E-state index is -0.157. The fourth-order valence-corrected chi connectivity index (χ4v) is 3.24. The van der Waals surface area contributed by atoms with E-state index >= 15 is 0 Å². The van der Waals surface area contributed by atoms with Gasteiger partial charge in [0.05, 0.1) is 0 Å². The minimum Gasteiger partial charge on any atom is -0.369 e. The van der Waals surface area contributed by atoms with Gasteiger partial charge in [-0.15, -0.1) is 11.3 Å². The highest BCUT2D eigenvalue weighted by atomic mass is 79.9. The molecule has 1 saturated carbocycles. The smallest absolute Gasteiger partial charge is 0.220 e. The second kappa shape index (κ2) is 5.14. The van der Waals surface area contributed by atoms with Crippen molar-refractivity contribution in [2.45, 2.75) is 31.7 Å². The molecule has 1 heterocycles. The molecule has 1 amide bonds. The van der Waals surface area contributed by atoms with Crippen molar-refractivity contribution in [1.29, 1.82) is 0 Å². The summed E-state index contributed by atoms with van der Waals surface area (Å²) >= 11 is 4.91. The second-order valence-electron chi connectivity index (χ2n) is 4.07. The Morgan fingerprint density at radius 1 is 1.50 bits per heavy atom. The Bertz CT molecular complexity index is 374. The van der Waals surface area contributed by atoms with Crippen molar-refractivity contribution in [3.63, 3.8) is 0 Å². The number of nitrogens with one attached hydrogen (secondary N) is 1. The molecule has 0 unspecified atom stereocenters. The molecule has 6 heteroatoms. The summed E-state index contributed by atoms with van der Waals surface area (Å²) in [6, 6.07) is 0.425. The summed E-state index contributed by atoms with van der Waals surface area (Å²) in [6.45, 7) is 0. The average Bonchev–Trinajstić information content (AvgIpc) is 2.65. The number of nitrogens with zero attached hydrogens (tertiary/aromatic N) is 1. The first-order chi connectivity index (χ1) is 7.65. The molecule has 0 aromatic carbocycles. The van der Waals surface area contributed by atoms with Crippen molar-refractivity contribution >= 4 is 38.3 Å². The summed E-state index contributed by atoms with van der Waals surface area (Å²) in [5.41, 5.74) is 5.29. The molecule has 3 N–H and O–H groups in total. The number of carbonyl (C=O) groups is 1. The molecule has 1 aliphatic carbocycles. The Morgan fingerprint density at radius 2 is 2.19 bits per heavy atom. The first-order valence-electron chi connectivity index (χ1n) is 5.32. The molecular weight excluding hydrogens is 290 g/mol. The largest absolute Gasteiger partial charge is 0.369 e. The fourth-order valence-electron chi connectivity index (χ4n) is 2.02.